The van der Waals surface area contributed by atoms with Crippen molar-refractivity contribution in [1.82, 2.24) is 14.8 Å². The van der Waals surface area contributed by atoms with Gasteiger partial charge in [-0.05, 0) is 92.9 Å². The van der Waals surface area contributed by atoms with Crippen LogP contribution < -0.4 is 0 Å². The first-order valence-corrected chi connectivity index (χ1v) is 15.4. The lowest BCUT2D eigenvalue weighted by Crippen LogP contribution is -2.46. The van der Waals surface area contributed by atoms with Crippen molar-refractivity contribution in [2.24, 2.45) is 5.92 Å². The second kappa shape index (κ2) is 17.3. The average molecular weight is 588 g/mol. The maximum absolute atomic E-state index is 13.4. The summed E-state index contributed by atoms with van der Waals surface area (Å²) in [5.74, 6) is -1.62. The summed E-state index contributed by atoms with van der Waals surface area (Å²) < 4.78 is 39.6. The van der Waals surface area contributed by atoms with Crippen LogP contribution in [0.15, 0.2) is 49.3 Å². The molecule has 0 bridgehead atoms. The molecule has 0 spiro atoms. The lowest BCUT2D eigenvalue weighted by atomic mass is 9.88. The van der Waals surface area contributed by atoms with E-state index < -0.39 is 17.8 Å². The largest absolute Gasteiger partial charge is 0.395 e. The third kappa shape index (κ3) is 9.87. The van der Waals surface area contributed by atoms with Crippen LogP contribution in [-0.2, 0) is 4.79 Å². The Hall–Kier alpha value is -2.84. The molecule has 42 heavy (non-hydrogen) atoms. The number of hydrogen-bond donors (Lipinski definition) is 2. The fourth-order valence-corrected chi connectivity index (χ4v) is 6.09. The van der Waals surface area contributed by atoms with E-state index in [1.807, 2.05) is 31.1 Å². The number of amides is 1. The van der Waals surface area contributed by atoms with Gasteiger partial charge in [0, 0.05) is 43.5 Å². The van der Waals surface area contributed by atoms with E-state index in [0.717, 1.165) is 62.0 Å². The number of benzene rings is 1. The van der Waals surface area contributed by atoms with Gasteiger partial charge in [-0.15, -0.1) is 6.58 Å². The first-order chi connectivity index (χ1) is 20.2. The minimum Gasteiger partial charge on any atom is -0.395 e. The molecule has 1 aromatic heterocycles. The minimum absolute atomic E-state index is 0.101. The molecule has 5 nitrogen and oxygen atoms in total. The van der Waals surface area contributed by atoms with Crippen LogP contribution in [0, 0.1) is 24.5 Å². The highest BCUT2D eigenvalue weighted by atomic mass is 19.2. The quantitative estimate of drug-likeness (QED) is 0.254. The molecule has 232 valence electrons. The summed E-state index contributed by atoms with van der Waals surface area (Å²) >= 11 is 0. The van der Waals surface area contributed by atoms with E-state index >= 15 is 0 Å². The van der Waals surface area contributed by atoms with Crippen LogP contribution in [0.1, 0.15) is 80.9 Å². The number of allylic oxidation sites excluding steroid dienone is 1. The van der Waals surface area contributed by atoms with Crippen molar-refractivity contribution < 1.29 is 23.1 Å². The second-order valence-corrected chi connectivity index (χ2v) is 11.6. The normalized spacial score (nSPS) is 20.9. The van der Waals surface area contributed by atoms with Gasteiger partial charge in [0.25, 0.3) is 0 Å². The first kappa shape index (κ1) is 33.7. The average Bonchev–Trinajstić information content (AvgIpc) is 3.22. The summed E-state index contributed by atoms with van der Waals surface area (Å²) in [5.41, 5.74) is 2.60. The van der Waals surface area contributed by atoms with E-state index in [4.69, 9.17) is 0 Å². The molecule has 0 aliphatic carbocycles. The monoisotopic (exact) mass is 587 g/mol. The number of aromatic nitrogens is 1. The molecule has 2 aliphatic heterocycles. The van der Waals surface area contributed by atoms with Crippen molar-refractivity contribution in [2.45, 2.75) is 83.3 Å². The highest BCUT2D eigenvalue weighted by Gasteiger charge is 2.29. The van der Waals surface area contributed by atoms with E-state index in [1.165, 1.54) is 50.0 Å². The predicted molar refractivity (Wildman–Crippen MR) is 164 cm³/mol. The Morgan fingerprint density at radius 2 is 1.76 bits per heavy atom. The van der Waals surface area contributed by atoms with Crippen molar-refractivity contribution >= 4 is 12.0 Å². The lowest BCUT2D eigenvalue weighted by molar-refractivity contribution is -0.126. The summed E-state index contributed by atoms with van der Waals surface area (Å²) in [7, 11) is 0. The third-order valence-corrected chi connectivity index (χ3v) is 8.72. The van der Waals surface area contributed by atoms with Gasteiger partial charge in [0.2, 0.25) is 5.91 Å². The third-order valence-electron chi connectivity index (χ3n) is 8.72. The van der Waals surface area contributed by atoms with Crippen molar-refractivity contribution in [3.8, 4) is 0 Å². The lowest BCUT2D eigenvalue weighted by Gasteiger charge is -2.38. The van der Waals surface area contributed by atoms with E-state index in [2.05, 4.69) is 16.5 Å². The van der Waals surface area contributed by atoms with Gasteiger partial charge in [-0.1, -0.05) is 38.3 Å². The number of aliphatic hydroxyl groups is 1. The van der Waals surface area contributed by atoms with Crippen LogP contribution in [-0.4, -0.2) is 70.8 Å². The van der Waals surface area contributed by atoms with E-state index in [-0.39, 0.29) is 24.5 Å². The zero-order valence-electron chi connectivity index (χ0n) is 25.2. The molecule has 2 saturated heterocycles. The van der Waals surface area contributed by atoms with Crippen LogP contribution in [0.25, 0.3) is 6.08 Å². The summed E-state index contributed by atoms with van der Waals surface area (Å²) in [4.78, 5) is 20.0. The molecule has 3 heterocycles. The summed E-state index contributed by atoms with van der Waals surface area (Å²) in [5, 5.41) is 10.1. The van der Waals surface area contributed by atoms with Crippen molar-refractivity contribution in [1.29, 1.82) is 0 Å². The molecule has 1 aromatic carbocycles. The smallest absolute Gasteiger partial charge is 0.246 e. The number of halogens is 3. The standard InChI is InChI=1S/C24H34F2N2O2.C10H14FN/c25-21-10-8-19(17-22(21)26)9-11-24(30)28-15-6-3-7-20(12-16-28)23(18-29)27-13-4-1-2-5-14-27;1-4-10(11)8(3)9-6-12-5-7(9)2/h8-11,17,20,23,29H,1-7,12-16,18H2;4-6,8,10,12H,1H2,2-3H3/b11-9+;/t;8?,10-/m.1/s1. The summed E-state index contributed by atoms with van der Waals surface area (Å²) in [6, 6.07) is 3.79. The number of carbonyl (C=O) groups excluding carboxylic acids is 1. The SMILES string of the molecule is C=C[C@@H](F)C(C)c1c[nH]cc1C.O=C(/C=C/c1ccc(F)c(F)c1)N1CCCCC(C(CO)N2CCCCCC2)CC1. The molecule has 2 fully saturated rings. The number of aryl methyl sites for hydroxylation is 1. The van der Waals surface area contributed by atoms with Crippen molar-refractivity contribution in [3.63, 3.8) is 0 Å². The van der Waals surface area contributed by atoms with Gasteiger partial charge in [-0.2, -0.15) is 0 Å². The summed E-state index contributed by atoms with van der Waals surface area (Å²) in [6.45, 7) is 10.9. The number of aliphatic hydroxyl groups excluding tert-OH is 1. The molecule has 8 heteroatoms. The van der Waals surface area contributed by atoms with Gasteiger partial charge in [-0.3, -0.25) is 9.69 Å². The topological polar surface area (TPSA) is 59.6 Å². The zero-order valence-corrected chi connectivity index (χ0v) is 25.2. The minimum atomic E-state index is -0.959. The molecule has 4 atom stereocenters. The molecule has 1 amide bonds. The first-order valence-electron chi connectivity index (χ1n) is 15.4. The molecule has 0 saturated carbocycles. The number of nitrogens with zero attached hydrogens (tertiary/aromatic N) is 2. The van der Waals surface area contributed by atoms with E-state index in [1.54, 1.807) is 0 Å². The molecule has 2 aromatic rings. The van der Waals surface area contributed by atoms with Crippen LogP contribution in [0.5, 0.6) is 0 Å². The number of aromatic amines is 1. The Balaban J connectivity index is 0.000000337. The maximum atomic E-state index is 13.4. The Labute approximate surface area is 249 Å². The number of likely N-dealkylation sites (tertiary alicyclic amines) is 2. The van der Waals surface area contributed by atoms with Gasteiger partial charge in [0.15, 0.2) is 11.6 Å². The zero-order chi connectivity index (χ0) is 30.5. The van der Waals surface area contributed by atoms with E-state index in [0.29, 0.717) is 24.6 Å². The van der Waals surface area contributed by atoms with Gasteiger partial charge >= 0.3 is 0 Å². The van der Waals surface area contributed by atoms with Gasteiger partial charge in [-0.25, -0.2) is 13.2 Å². The number of hydrogen-bond acceptors (Lipinski definition) is 3. The molecule has 2 aliphatic rings. The fraction of sp³-hybridized carbons (Fsp3) is 0.559. The molecule has 2 N–H and O–H groups in total. The number of nitrogens with one attached hydrogen (secondary N) is 1. The predicted octanol–water partition coefficient (Wildman–Crippen LogP) is 7.18. The Morgan fingerprint density at radius 1 is 1.05 bits per heavy atom. The van der Waals surface area contributed by atoms with Crippen molar-refractivity contribution in [3.05, 3.63) is 77.6 Å². The molecule has 3 unspecified atom stereocenters. The van der Waals surface area contributed by atoms with Gasteiger partial charge < -0.3 is 15.0 Å². The number of alkyl halides is 1. The fourth-order valence-electron chi connectivity index (χ4n) is 6.09. The number of H-pyrrole nitrogens is 1. The van der Waals surface area contributed by atoms with Gasteiger partial charge in [0.05, 0.1) is 6.61 Å². The number of rotatable bonds is 8. The highest BCUT2D eigenvalue weighted by Crippen LogP contribution is 2.27. The maximum Gasteiger partial charge on any atom is 0.246 e. The molecule has 4 rings (SSSR count). The Morgan fingerprint density at radius 3 is 2.38 bits per heavy atom. The van der Waals surface area contributed by atoms with Crippen molar-refractivity contribution in [2.75, 3.05) is 32.8 Å². The van der Waals surface area contributed by atoms with Crippen LogP contribution >= 0.6 is 0 Å². The van der Waals surface area contributed by atoms with Crippen LogP contribution in [0.2, 0.25) is 0 Å². The molecule has 0 radical (unpaired) electrons. The highest BCUT2D eigenvalue weighted by molar-refractivity contribution is 5.91. The van der Waals surface area contributed by atoms with E-state index in [9.17, 15) is 23.1 Å². The molecular weight excluding hydrogens is 539 g/mol. The second-order valence-electron chi connectivity index (χ2n) is 11.6. The van der Waals surface area contributed by atoms with Gasteiger partial charge in [0.1, 0.15) is 6.17 Å². The Kier molecular flexibility index (Phi) is 13.9. The summed E-state index contributed by atoms with van der Waals surface area (Å²) in [6.07, 6.45) is 16.0. The molecular formula is C34H48F3N3O2. The van der Waals surface area contributed by atoms with Crippen LogP contribution in [0.3, 0.4) is 0 Å². The Bertz CT molecular complexity index is 1140. The number of carbonyl (C=O) groups is 1. The van der Waals surface area contributed by atoms with Crippen LogP contribution in [0.4, 0.5) is 13.2 Å².